The van der Waals surface area contributed by atoms with Crippen LogP contribution >= 0.6 is 27.7 Å². The Morgan fingerprint density at radius 3 is 3.00 bits per heavy atom. The Hall–Kier alpha value is -2.16. The van der Waals surface area contributed by atoms with Crippen molar-refractivity contribution in [2.24, 2.45) is 5.92 Å². The Morgan fingerprint density at radius 1 is 1.26 bits per heavy atom. The summed E-state index contributed by atoms with van der Waals surface area (Å²) in [5.74, 6) is 3.42. The van der Waals surface area contributed by atoms with Crippen molar-refractivity contribution >= 4 is 33.6 Å². The summed E-state index contributed by atoms with van der Waals surface area (Å²) in [6.45, 7) is 5.12. The highest BCUT2D eigenvalue weighted by molar-refractivity contribution is 9.10. The van der Waals surface area contributed by atoms with Crippen LogP contribution in [0.5, 0.6) is 0 Å². The van der Waals surface area contributed by atoms with Crippen LogP contribution < -0.4 is 5.32 Å². The van der Waals surface area contributed by atoms with E-state index in [1.54, 1.807) is 0 Å². The van der Waals surface area contributed by atoms with Gasteiger partial charge in [0.2, 0.25) is 17.6 Å². The molecule has 0 bridgehead atoms. The second-order valence-electron chi connectivity index (χ2n) is 8.72. The Balaban J connectivity index is 1.17. The van der Waals surface area contributed by atoms with Gasteiger partial charge in [0.05, 0.1) is 12.5 Å². The summed E-state index contributed by atoms with van der Waals surface area (Å²) >= 11 is 5.40. The van der Waals surface area contributed by atoms with Gasteiger partial charge in [0, 0.05) is 28.9 Å². The van der Waals surface area contributed by atoms with Crippen molar-refractivity contribution in [3.05, 3.63) is 70.0 Å². The van der Waals surface area contributed by atoms with Gasteiger partial charge in [-0.05, 0) is 61.7 Å². The SMILES string of the molecule is Cc1ccccc1CSCCCNC(=O)C1CCCN(Cc2nc(-c3cccc(Br)c3)no2)C1. The van der Waals surface area contributed by atoms with Gasteiger partial charge in [-0.2, -0.15) is 16.7 Å². The number of carbonyl (C=O) groups is 1. The fraction of sp³-hybridized carbons (Fsp3) is 0.423. The van der Waals surface area contributed by atoms with Gasteiger partial charge in [-0.15, -0.1) is 0 Å². The van der Waals surface area contributed by atoms with Crippen molar-refractivity contribution < 1.29 is 9.32 Å². The summed E-state index contributed by atoms with van der Waals surface area (Å²) in [6, 6.07) is 16.4. The predicted octanol–water partition coefficient (Wildman–Crippen LogP) is 5.46. The van der Waals surface area contributed by atoms with E-state index in [0.29, 0.717) is 18.3 Å². The molecule has 0 aliphatic carbocycles. The molecule has 1 aliphatic heterocycles. The lowest BCUT2D eigenvalue weighted by Crippen LogP contribution is -2.43. The van der Waals surface area contributed by atoms with E-state index in [2.05, 4.69) is 67.5 Å². The first kappa shape index (κ1) is 24.9. The minimum atomic E-state index is 0.0147. The van der Waals surface area contributed by atoms with Crippen molar-refractivity contribution in [2.45, 2.75) is 38.5 Å². The normalized spacial score (nSPS) is 16.5. The first-order chi connectivity index (χ1) is 16.6. The molecule has 3 aromatic rings. The Kier molecular flexibility index (Phi) is 9.18. The van der Waals surface area contributed by atoms with E-state index in [0.717, 1.165) is 60.4 Å². The zero-order chi connectivity index (χ0) is 23.8. The third-order valence-electron chi connectivity index (χ3n) is 6.07. The number of piperidine rings is 1. The van der Waals surface area contributed by atoms with E-state index in [-0.39, 0.29) is 11.8 Å². The molecule has 1 atom stereocenters. The number of amides is 1. The molecule has 0 spiro atoms. The first-order valence-corrected chi connectivity index (χ1v) is 13.7. The number of aromatic nitrogens is 2. The lowest BCUT2D eigenvalue weighted by atomic mass is 9.97. The number of hydrogen-bond acceptors (Lipinski definition) is 6. The molecule has 1 unspecified atom stereocenters. The van der Waals surface area contributed by atoms with E-state index >= 15 is 0 Å². The van der Waals surface area contributed by atoms with E-state index in [9.17, 15) is 4.79 Å². The van der Waals surface area contributed by atoms with E-state index in [1.165, 1.54) is 11.1 Å². The summed E-state index contributed by atoms with van der Waals surface area (Å²) in [5.41, 5.74) is 3.65. The molecule has 1 saturated heterocycles. The van der Waals surface area contributed by atoms with Crippen LogP contribution in [0.25, 0.3) is 11.4 Å². The number of thioether (sulfide) groups is 1. The smallest absolute Gasteiger partial charge is 0.241 e. The molecule has 2 aromatic carbocycles. The van der Waals surface area contributed by atoms with Gasteiger partial charge in [0.25, 0.3) is 0 Å². The van der Waals surface area contributed by atoms with Crippen LogP contribution in [0.15, 0.2) is 57.5 Å². The maximum Gasteiger partial charge on any atom is 0.241 e. The van der Waals surface area contributed by atoms with Crippen LogP contribution in [0.3, 0.4) is 0 Å². The molecule has 1 aromatic heterocycles. The van der Waals surface area contributed by atoms with Gasteiger partial charge in [0.1, 0.15) is 0 Å². The summed E-state index contributed by atoms with van der Waals surface area (Å²) < 4.78 is 6.46. The van der Waals surface area contributed by atoms with E-state index in [4.69, 9.17) is 4.52 Å². The maximum absolute atomic E-state index is 12.7. The molecular formula is C26H31BrN4O2S. The van der Waals surface area contributed by atoms with Crippen LogP contribution in [0, 0.1) is 12.8 Å². The minimum absolute atomic E-state index is 0.0147. The van der Waals surface area contributed by atoms with Gasteiger partial charge in [-0.3, -0.25) is 9.69 Å². The zero-order valence-corrected chi connectivity index (χ0v) is 21.9. The lowest BCUT2D eigenvalue weighted by Gasteiger charge is -2.30. The van der Waals surface area contributed by atoms with Crippen molar-refractivity contribution in [1.82, 2.24) is 20.4 Å². The highest BCUT2D eigenvalue weighted by atomic mass is 79.9. The average molecular weight is 544 g/mol. The van der Waals surface area contributed by atoms with Gasteiger partial charge in [0.15, 0.2) is 0 Å². The van der Waals surface area contributed by atoms with E-state index < -0.39 is 0 Å². The first-order valence-electron chi connectivity index (χ1n) is 11.8. The van der Waals surface area contributed by atoms with E-state index in [1.807, 2.05) is 36.0 Å². The molecular weight excluding hydrogens is 512 g/mol. The molecule has 1 N–H and O–H groups in total. The Bertz CT molecular complexity index is 1090. The molecule has 8 heteroatoms. The second kappa shape index (κ2) is 12.5. The third kappa shape index (κ3) is 7.17. The number of nitrogens with zero attached hydrogens (tertiary/aromatic N) is 3. The fourth-order valence-corrected chi connectivity index (χ4v) is 5.59. The van der Waals surface area contributed by atoms with Crippen LogP contribution in [0.2, 0.25) is 0 Å². The summed E-state index contributed by atoms with van der Waals surface area (Å²) in [6.07, 6.45) is 2.91. The van der Waals surface area contributed by atoms with Gasteiger partial charge >= 0.3 is 0 Å². The molecule has 1 amide bonds. The molecule has 1 aliphatic rings. The molecule has 6 nitrogen and oxygen atoms in total. The van der Waals surface area contributed by atoms with Crippen molar-refractivity contribution in [3.63, 3.8) is 0 Å². The zero-order valence-electron chi connectivity index (χ0n) is 19.5. The minimum Gasteiger partial charge on any atom is -0.356 e. The molecule has 1 fully saturated rings. The summed E-state index contributed by atoms with van der Waals surface area (Å²) in [4.78, 5) is 19.5. The number of aryl methyl sites for hydroxylation is 1. The third-order valence-corrected chi connectivity index (χ3v) is 7.66. The largest absolute Gasteiger partial charge is 0.356 e. The molecule has 180 valence electrons. The molecule has 0 saturated carbocycles. The number of carbonyl (C=O) groups excluding carboxylic acids is 1. The maximum atomic E-state index is 12.7. The monoisotopic (exact) mass is 542 g/mol. The highest BCUT2D eigenvalue weighted by Crippen LogP contribution is 2.22. The van der Waals surface area contributed by atoms with Gasteiger partial charge in [-0.25, -0.2) is 0 Å². The molecule has 2 heterocycles. The Morgan fingerprint density at radius 2 is 2.15 bits per heavy atom. The highest BCUT2D eigenvalue weighted by Gasteiger charge is 2.26. The number of benzene rings is 2. The van der Waals surface area contributed by atoms with Crippen LogP contribution in [0.4, 0.5) is 0 Å². The van der Waals surface area contributed by atoms with Crippen LogP contribution in [-0.2, 0) is 17.1 Å². The van der Waals surface area contributed by atoms with Crippen LogP contribution in [-0.4, -0.2) is 46.3 Å². The molecule has 0 radical (unpaired) electrons. The molecule has 4 rings (SSSR count). The summed E-state index contributed by atoms with van der Waals surface area (Å²) in [5, 5.41) is 7.26. The predicted molar refractivity (Wildman–Crippen MR) is 140 cm³/mol. The van der Waals surface area contributed by atoms with Gasteiger partial charge in [-0.1, -0.05) is 57.5 Å². The molecule has 34 heavy (non-hydrogen) atoms. The number of halogens is 1. The quantitative estimate of drug-likeness (QED) is 0.343. The van der Waals surface area contributed by atoms with Crippen molar-refractivity contribution in [2.75, 3.05) is 25.4 Å². The van der Waals surface area contributed by atoms with Crippen molar-refractivity contribution in [1.29, 1.82) is 0 Å². The average Bonchev–Trinajstić information content (AvgIpc) is 3.31. The topological polar surface area (TPSA) is 71.3 Å². The number of likely N-dealkylation sites (tertiary alicyclic amines) is 1. The number of nitrogens with one attached hydrogen (secondary N) is 1. The number of hydrogen-bond donors (Lipinski definition) is 1. The fourth-order valence-electron chi connectivity index (χ4n) is 4.15. The summed E-state index contributed by atoms with van der Waals surface area (Å²) in [7, 11) is 0. The number of rotatable bonds is 10. The standard InChI is InChI=1S/C26H31BrN4O2S/c1-19-7-2-3-8-22(19)18-34-14-6-12-28-26(32)21-10-5-13-31(16-21)17-24-29-25(30-33-24)20-9-4-11-23(27)15-20/h2-4,7-9,11,15,21H,5-6,10,12-14,16-18H2,1H3,(H,28,32). The van der Waals surface area contributed by atoms with Crippen molar-refractivity contribution in [3.8, 4) is 11.4 Å². The second-order valence-corrected chi connectivity index (χ2v) is 10.7. The van der Waals surface area contributed by atoms with Gasteiger partial charge < -0.3 is 9.84 Å². The van der Waals surface area contributed by atoms with Crippen LogP contribution in [0.1, 0.15) is 36.3 Å². The lowest BCUT2D eigenvalue weighted by molar-refractivity contribution is -0.126. The Labute approximate surface area is 214 Å².